The van der Waals surface area contributed by atoms with Gasteiger partial charge in [0, 0.05) is 43.7 Å². The molecule has 0 bridgehead atoms. The average Bonchev–Trinajstić information content (AvgIpc) is 2.93. The Hall–Kier alpha value is -3.21. The van der Waals surface area contributed by atoms with Gasteiger partial charge in [-0.25, -0.2) is 0 Å². The lowest BCUT2D eigenvalue weighted by molar-refractivity contribution is -0.130. The lowest BCUT2D eigenvalue weighted by Crippen LogP contribution is -2.36. The highest BCUT2D eigenvalue weighted by molar-refractivity contribution is 6.07. The Morgan fingerprint density at radius 3 is 2.52 bits per heavy atom. The smallest absolute Gasteiger partial charge is 0.254 e. The fourth-order valence-corrected chi connectivity index (χ4v) is 4.24. The van der Waals surface area contributed by atoms with Crippen molar-refractivity contribution < 1.29 is 9.59 Å². The highest BCUT2D eigenvalue weighted by atomic mass is 16.2. The molecule has 2 aromatic carbocycles. The second kappa shape index (κ2) is 8.50. The summed E-state index contributed by atoms with van der Waals surface area (Å²) >= 11 is 0. The van der Waals surface area contributed by atoms with Crippen molar-refractivity contribution in [1.29, 1.82) is 0 Å². The van der Waals surface area contributed by atoms with E-state index in [1.54, 1.807) is 0 Å². The van der Waals surface area contributed by atoms with Gasteiger partial charge < -0.3 is 9.80 Å². The molecule has 0 N–H and O–H groups in total. The summed E-state index contributed by atoms with van der Waals surface area (Å²) in [6.45, 7) is 10.2. The van der Waals surface area contributed by atoms with E-state index in [9.17, 15) is 9.59 Å². The molecule has 1 aliphatic rings. The summed E-state index contributed by atoms with van der Waals surface area (Å²) in [7, 11) is 0. The first-order valence-electron chi connectivity index (χ1n) is 10.8. The quantitative estimate of drug-likeness (QED) is 0.639. The maximum atomic E-state index is 13.5. The van der Waals surface area contributed by atoms with Crippen molar-refractivity contribution in [2.75, 3.05) is 19.6 Å². The molecule has 1 aromatic heterocycles. The highest BCUT2D eigenvalue weighted by Crippen LogP contribution is 2.25. The van der Waals surface area contributed by atoms with Gasteiger partial charge in [-0.2, -0.15) is 0 Å². The Morgan fingerprint density at radius 1 is 0.968 bits per heavy atom. The molecule has 0 saturated carbocycles. The third-order valence-electron chi connectivity index (χ3n) is 6.36. The van der Waals surface area contributed by atoms with E-state index in [0.29, 0.717) is 38.2 Å². The van der Waals surface area contributed by atoms with Gasteiger partial charge in [0.15, 0.2) is 0 Å². The van der Waals surface area contributed by atoms with Crippen molar-refractivity contribution in [3.05, 3.63) is 76.0 Å². The van der Waals surface area contributed by atoms with Crippen LogP contribution in [0.3, 0.4) is 0 Å². The van der Waals surface area contributed by atoms with Gasteiger partial charge in [-0.1, -0.05) is 36.4 Å². The molecule has 1 fully saturated rings. The number of nitrogens with zero attached hydrogens (tertiary/aromatic N) is 3. The standard InChI is InChI=1S/C26H29N3O2/c1-17-9-10-22-23(15-19(3)27-25(22)20(17)4)26(31)28-12-11-24(30)29(14-13-28)16-21-8-6-5-7-18(21)2/h5-10,15H,11-14,16H2,1-4H3. The Bertz CT molecular complexity index is 1170. The largest absolute Gasteiger partial charge is 0.337 e. The van der Waals surface area contributed by atoms with Crippen LogP contribution in [0.4, 0.5) is 0 Å². The first kappa shape index (κ1) is 21.0. The Balaban J connectivity index is 1.59. The molecule has 5 heteroatoms. The number of fused-ring (bicyclic) bond motifs is 1. The maximum absolute atomic E-state index is 13.5. The normalized spacial score (nSPS) is 14.8. The van der Waals surface area contributed by atoms with Crippen LogP contribution in [-0.2, 0) is 11.3 Å². The number of rotatable bonds is 3. The van der Waals surface area contributed by atoms with E-state index in [1.807, 2.05) is 54.0 Å². The summed E-state index contributed by atoms with van der Waals surface area (Å²) < 4.78 is 0. The molecule has 0 aliphatic carbocycles. The van der Waals surface area contributed by atoms with Crippen LogP contribution < -0.4 is 0 Å². The van der Waals surface area contributed by atoms with Crippen LogP contribution in [0.1, 0.15) is 44.7 Å². The first-order chi connectivity index (χ1) is 14.8. The van der Waals surface area contributed by atoms with Crippen molar-refractivity contribution in [3.8, 4) is 0 Å². The van der Waals surface area contributed by atoms with E-state index in [1.165, 1.54) is 5.56 Å². The molecular weight excluding hydrogens is 386 g/mol. The Morgan fingerprint density at radius 2 is 1.74 bits per heavy atom. The number of carbonyl (C=O) groups excluding carboxylic acids is 2. The number of carbonyl (C=O) groups is 2. The SMILES string of the molecule is Cc1cc(C(=O)N2CCC(=O)N(Cc3ccccc3C)CC2)c2ccc(C)c(C)c2n1. The zero-order valence-corrected chi connectivity index (χ0v) is 18.7. The molecule has 1 saturated heterocycles. The summed E-state index contributed by atoms with van der Waals surface area (Å²) in [6.07, 6.45) is 0.345. The van der Waals surface area contributed by atoms with Gasteiger partial charge in [0.25, 0.3) is 5.91 Å². The molecule has 2 heterocycles. The van der Waals surface area contributed by atoms with E-state index >= 15 is 0 Å². The lowest BCUT2D eigenvalue weighted by atomic mass is 10.00. The van der Waals surface area contributed by atoms with Crippen LogP contribution in [0.15, 0.2) is 42.5 Å². The summed E-state index contributed by atoms with van der Waals surface area (Å²) in [5.41, 5.74) is 6.98. The molecule has 3 aromatic rings. The summed E-state index contributed by atoms with van der Waals surface area (Å²) in [4.78, 5) is 34.7. The van der Waals surface area contributed by atoms with E-state index in [4.69, 9.17) is 0 Å². The molecule has 0 radical (unpaired) electrons. The third kappa shape index (κ3) is 4.18. The van der Waals surface area contributed by atoms with Crippen LogP contribution >= 0.6 is 0 Å². The van der Waals surface area contributed by atoms with Crippen LogP contribution in [-0.4, -0.2) is 46.2 Å². The van der Waals surface area contributed by atoms with Gasteiger partial charge in [-0.15, -0.1) is 0 Å². The molecular formula is C26H29N3O2. The highest BCUT2D eigenvalue weighted by Gasteiger charge is 2.26. The summed E-state index contributed by atoms with van der Waals surface area (Å²) in [6, 6.07) is 14.0. The molecule has 31 heavy (non-hydrogen) atoms. The number of aryl methyl sites for hydroxylation is 4. The Kier molecular flexibility index (Phi) is 5.77. The van der Waals surface area contributed by atoms with Gasteiger partial charge in [0.05, 0.1) is 11.1 Å². The van der Waals surface area contributed by atoms with E-state index in [0.717, 1.165) is 33.3 Å². The summed E-state index contributed by atoms with van der Waals surface area (Å²) in [5, 5.41) is 0.881. The molecule has 5 nitrogen and oxygen atoms in total. The van der Waals surface area contributed by atoms with E-state index < -0.39 is 0 Å². The molecule has 2 amide bonds. The summed E-state index contributed by atoms with van der Waals surface area (Å²) in [5.74, 6) is 0.0742. The lowest BCUT2D eigenvalue weighted by Gasteiger charge is -2.23. The number of aromatic nitrogens is 1. The maximum Gasteiger partial charge on any atom is 0.254 e. The van der Waals surface area contributed by atoms with E-state index in [2.05, 4.69) is 31.0 Å². The van der Waals surface area contributed by atoms with Gasteiger partial charge >= 0.3 is 0 Å². The zero-order chi connectivity index (χ0) is 22.1. The monoisotopic (exact) mass is 415 g/mol. The van der Waals surface area contributed by atoms with Crippen molar-refractivity contribution in [2.24, 2.45) is 0 Å². The number of hydrogen-bond donors (Lipinski definition) is 0. The van der Waals surface area contributed by atoms with Crippen molar-refractivity contribution >= 4 is 22.7 Å². The van der Waals surface area contributed by atoms with Crippen LogP contribution in [0.5, 0.6) is 0 Å². The minimum Gasteiger partial charge on any atom is -0.337 e. The van der Waals surface area contributed by atoms with Crippen LogP contribution in [0, 0.1) is 27.7 Å². The van der Waals surface area contributed by atoms with Crippen molar-refractivity contribution in [3.63, 3.8) is 0 Å². The fourth-order valence-electron chi connectivity index (χ4n) is 4.24. The van der Waals surface area contributed by atoms with E-state index in [-0.39, 0.29) is 11.8 Å². The third-order valence-corrected chi connectivity index (χ3v) is 6.36. The second-order valence-electron chi connectivity index (χ2n) is 8.50. The molecule has 160 valence electrons. The number of hydrogen-bond acceptors (Lipinski definition) is 3. The number of benzene rings is 2. The van der Waals surface area contributed by atoms with Crippen molar-refractivity contribution in [2.45, 2.75) is 40.7 Å². The molecule has 0 unspecified atom stereocenters. The number of pyridine rings is 1. The fraction of sp³-hybridized carbons (Fsp3) is 0.346. The predicted octanol–water partition coefficient (Wildman–Crippen LogP) is 4.34. The minimum atomic E-state index is -0.0238. The molecule has 0 atom stereocenters. The molecule has 4 rings (SSSR count). The molecule has 0 spiro atoms. The van der Waals surface area contributed by atoms with Gasteiger partial charge in [0.2, 0.25) is 5.91 Å². The second-order valence-corrected chi connectivity index (χ2v) is 8.50. The average molecular weight is 416 g/mol. The zero-order valence-electron chi connectivity index (χ0n) is 18.7. The van der Waals surface area contributed by atoms with Crippen LogP contribution in [0.25, 0.3) is 10.9 Å². The number of amides is 2. The Labute approximate surface area is 183 Å². The molecule has 1 aliphatic heterocycles. The van der Waals surface area contributed by atoms with Crippen molar-refractivity contribution in [1.82, 2.24) is 14.8 Å². The van der Waals surface area contributed by atoms with Gasteiger partial charge in [-0.05, 0) is 56.0 Å². The van der Waals surface area contributed by atoms with Gasteiger partial charge in [0.1, 0.15) is 0 Å². The first-order valence-corrected chi connectivity index (χ1v) is 10.8. The topological polar surface area (TPSA) is 53.5 Å². The minimum absolute atomic E-state index is 0.0238. The van der Waals surface area contributed by atoms with Crippen LogP contribution in [0.2, 0.25) is 0 Å². The van der Waals surface area contributed by atoms with Gasteiger partial charge in [-0.3, -0.25) is 14.6 Å². The predicted molar refractivity (Wildman–Crippen MR) is 123 cm³/mol.